The van der Waals surface area contributed by atoms with E-state index in [2.05, 4.69) is 27.1 Å². The van der Waals surface area contributed by atoms with E-state index in [1.807, 2.05) is 12.1 Å². The van der Waals surface area contributed by atoms with Crippen molar-refractivity contribution in [2.75, 3.05) is 24.7 Å². The molecule has 0 N–H and O–H groups in total. The van der Waals surface area contributed by atoms with Crippen molar-refractivity contribution in [2.45, 2.75) is 13.0 Å². The van der Waals surface area contributed by atoms with Crippen molar-refractivity contribution in [3.63, 3.8) is 0 Å². The number of ether oxygens (including phenoxy) is 1. The van der Waals surface area contributed by atoms with Gasteiger partial charge in [0.05, 0.1) is 19.3 Å². The molecule has 0 radical (unpaired) electrons. The van der Waals surface area contributed by atoms with Gasteiger partial charge in [-0.3, -0.25) is 0 Å². The van der Waals surface area contributed by atoms with Gasteiger partial charge in [0.1, 0.15) is 5.82 Å². The van der Waals surface area contributed by atoms with Crippen molar-refractivity contribution in [3.8, 4) is 0 Å². The molecule has 17 heavy (non-hydrogen) atoms. The number of nitrogens with zero attached hydrogens (tertiary/aromatic N) is 5. The van der Waals surface area contributed by atoms with Gasteiger partial charge in [0.2, 0.25) is 5.28 Å². The highest BCUT2D eigenvalue weighted by atomic mass is 35.5. The Morgan fingerprint density at radius 1 is 1.41 bits per heavy atom. The molecule has 1 atom stereocenters. The number of halogens is 1. The first-order chi connectivity index (χ1) is 8.25. The minimum Gasteiger partial charge on any atom is -0.377 e. The Morgan fingerprint density at radius 3 is 3.12 bits per heavy atom. The molecule has 3 heterocycles. The highest BCUT2D eigenvalue weighted by molar-refractivity contribution is 6.28. The van der Waals surface area contributed by atoms with Crippen LogP contribution in [0.25, 0.3) is 5.65 Å². The fourth-order valence-electron chi connectivity index (χ4n) is 1.97. The molecule has 0 amide bonds. The third-order valence-corrected chi connectivity index (χ3v) is 3.11. The molecule has 2 aromatic rings. The van der Waals surface area contributed by atoms with Gasteiger partial charge in [-0.05, 0) is 30.7 Å². The lowest BCUT2D eigenvalue weighted by molar-refractivity contribution is 0.0984. The molecule has 90 valence electrons. The number of aromatic nitrogens is 4. The topological polar surface area (TPSA) is 55.5 Å². The molecule has 3 rings (SSSR count). The van der Waals surface area contributed by atoms with Crippen LogP contribution in [0.3, 0.4) is 0 Å². The lowest BCUT2D eigenvalue weighted by atomic mass is 10.2. The van der Waals surface area contributed by atoms with Gasteiger partial charge in [-0.2, -0.15) is 4.52 Å². The maximum absolute atomic E-state index is 5.90. The van der Waals surface area contributed by atoms with Gasteiger partial charge in [0.15, 0.2) is 5.65 Å². The van der Waals surface area contributed by atoms with Crippen LogP contribution in [-0.2, 0) is 4.74 Å². The highest BCUT2D eigenvalue weighted by Gasteiger charge is 2.20. The molecule has 1 saturated heterocycles. The molecule has 0 saturated carbocycles. The van der Waals surface area contributed by atoms with Crippen LogP contribution in [0.5, 0.6) is 0 Å². The molecule has 1 fully saturated rings. The average molecular weight is 254 g/mol. The van der Waals surface area contributed by atoms with Crippen LogP contribution in [0.1, 0.15) is 6.92 Å². The van der Waals surface area contributed by atoms with Crippen LogP contribution < -0.4 is 4.90 Å². The van der Waals surface area contributed by atoms with Crippen molar-refractivity contribution in [2.24, 2.45) is 0 Å². The van der Waals surface area contributed by atoms with E-state index in [-0.39, 0.29) is 5.28 Å². The summed E-state index contributed by atoms with van der Waals surface area (Å²) in [5.41, 5.74) is 0.652. The van der Waals surface area contributed by atoms with E-state index >= 15 is 0 Å². The van der Waals surface area contributed by atoms with Gasteiger partial charge in [-0.25, -0.2) is 0 Å². The van der Waals surface area contributed by atoms with Gasteiger partial charge in [-0.1, -0.05) is 0 Å². The number of rotatable bonds is 1. The molecule has 0 aliphatic carbocycles. The first-order valence-electron chi connectivity index (χ1n) is 5.48. The minimum absolute atomic E-state index is 0.280. The van der Waals surface area contributed by atoms with Crippen LogP contribution in [0.4, 0.5) is 5.82 Å². The summed E-state index contributed by atoms with van der Waals surface area (Å²) < 4.78 is 6.94. The van der Waals surface area contributed by atoms with E-state index in [0.717, 1.165) is 25.6 Å². The third kappa shape index (κ3) is 1.83. The molecule has 0 spiro atoms. The maximum atomic E-state index is 5.90. The predicted octanol–water partition coefficient (Wildman–Crippen LogP) is 1.00. The van der Waals surface area contributed by atoms with Gasteiger partial charge < -0.3 is 9.64 Å². The number of hydrogen-bond acceptors (Lipinski definition) is 5. The summed E-state index contributed by atoms with van der Waals surface area (Å²) in [6, 6.07) is 4.11. The van der Waals surface area contributed by atoms with Crippen molar-refractivity contribution in [3.05, 3.63) is 17.4 Å². The monoisotopic (exact) mass is 253 g/mol. The van der Waals surface area contributed by atoms with Gasteiger partial charge in [0.25, 0.3) is 0 Å². The summed E-state index contributed by atoms with van der Waals surface area (Å²) in [7, 11) is 0. The Bertz CT molecular complexity index is 542. The van der Waals surface area contributed by atoms with Crippen LogP contribution in [0, 0.1) is 0 Å². The quantitative estimate of drug-likeness (QED) is 0.759. The van der Waals surface area contributed by atoms with Crippen LogP contribution in [0.2, 0.25) is 5.28 Å². The first kappa shape index (κ1) is 10.7. The smallest absolute Gasteiger partial charge is 0.246 e. The van der Waals surface area contributed by atoms with E-state index in [1.54, 1.807) is 4.52 Å². The van der Waals surface area contributed by atoms with Crippen LogP contribution in [-0.4, -0.2) is 45.6 Å². The Kier molecular flexibility index (Phi) is 2.60. The Balaban J connectivity index is 2.01. The lowest BCUT2D eigenvalue weighted by Gasteiger charge is -2.33. The summed E-state index contributed by atoms with van der Waals surface area (Å²) in [6.07, 6.45) is 0. The number of morpholine rings is 1. The normalized spacial score (nSPS) is 21.1. The second-order valence-electron chi connectivity index (χ2n) is 4.05. The molecule has 7 heteroatoms. The standard InChI is InChI=1S/C10H12ClN5O/c1-7-6-17-5-4-15(7)9-3-2-8-12-13-10(11)16(8)14-9/h2-3,7H,4-6H2,1H3. The molecule has 2 aromatic heterocycles. The summed E-state index contributed by atoms with van der Waals surface area (Å²) in [6.45, 7) is 4.38. The molecular formula is C10H12ClN5O. The van der Waals surface area contributed by atoms with Crippen molar-refractivity contribution in [1.29, 1.82) is 0 Å². The Labute approximate surface area is 103 Å². The number of anilines is 1. The molecule has 1 aliphatic rings. The van der Waals surface area contributed by atoms with Crippen molar-refractivity contribution < 1.29 is 4.74 Å². The maximum Gasteiger partial charge on any atom is 0.246 e. The Hall–Kier alpha value is -1.40. The summed E-state index contributed by atoms with van der Waals surface area (Å²) >= 11 is 5.90. The van der Waals surface area contributed by atoms with E-state index < -0.39 is 0 Å². The average Bonchev–Trinajstić information content (AvgIpc) is 2.71. The summed E-state index contributed by atoms with van der Waals surface area (Å²) in [5.74, 6) is 0.870. The van der Waals surface area contributed by atoms with Gasteiger partial charge >= 0.3 is 0 Å². The van der Waals surface area contributed by atoms with Crippen molar-refractivity contribution >= 4 is 23.1 Å². The molecule has 0 bridgehead atoms. The van der Waals surface area contributed by atoms with E-state index in [0.29, 0.717) is 11.7 Å². The van der Waals surface area contributed by atoms with Gasteiger partial charge in [0, 0.05) is 6.54 Å². The zero-order valence-electron chi connectivity index (χ0n) is 9.38. The summed E-state index contributed by atoms with van der Waals surface area (Å²) in [4.78, 5) is 2.19. The zero-order chi connectivity index (χ0) is 11.8. The van der Waals surface area contributed by atoms with Crippen LogP contribution in [0.15, 0.2) is 12.1 Å². The molecule has 1 unspecified atom stereocenters. The van der Waals surface area contributed by atoms with E-state index in [1.165, 1.54) is 0 Å². The van der Waals surface area contributed by atoms with Gasteiger partial charge in [-0.15, -0.1) is 15.3 Å². The number of hydrogen-bond donors (Lipinski definition) is 0. The highest BCUT2D eigenvalue weighted by Crippen LogP contribution is 2.18. The first-order valence-corrected chi connectivity index (χ1v) is 5.86. The second-order valence-corrected chi connectivity index (χ2v) is 4.39. The fourth-order valence-corrected chi connectivity index (χ4v) is 2.14. The third-order valence-electron chi connectivity index (χ3n) is 2.87. The van der Waals surface area contributed by atoms with Crippen molar-refractivity contribution in [1.82, 2.24) is 19.8 Å². The zero-order valence-corrected chi connectivity index (χ0v) is 10.1. The fraction of sp³-hybridized carbons (Fsp3) is 0.500. The SMILES string of the molecule is CC1COCCN1c1ccc2nnc(Cl)n2n1. The van der Waals surface area contributed by atoms with E-state index in [4.69, 9.17) is 16.3 Å². The molecular weight excluding hydrogens is 242 g/mol. The lowest BCUT2D eigenvalue weighted by Crippen LogP contribution is -2.44. The van der Waals surface area contributed by atoms with E-state index in [9.17, 15) is 0 Å². The molecule has 0 aromatic carbocycles. The number of fused-ring (bicyclic) bond motifs is 1. The Morgan fingerprint density at radius 2 is 2.29 bits per heavy atom. The summed E-state index contributed by atoms with van der Waals surface area (Å²) in [5, 5.41) is 12.4. The molecule has 1 aliphatic heterocycles. The molecule has 6 nitrogen and oxygen atoms in total. The largest absolute Gasteiger partial charge is 0.377 e. The second kappa shape index (κ2) is 4.12. The minimum atomic E-state index is 0.280. The van der Waals surface area contributed by atoms with Crippen LogP contribution >= 0.6 is 11.6 Å². The predicted molar refractivity (Wildman–Crippen MR) is 63.4 cm³/mol.